The summed E-state index contributed by atoms with van der Waals surface area (Å²) in [7, 11) is 0. The van der Waals surface area contributed by atoms with Crippen LogP contribution in [0.3, 0.4) is 0 Å². The highest BCUT2D eigenvalue weighted by atomic mass is 35.5. The average molecular weight is 342 g/mol. The molecule has 0 saturated carbocycles. The van der Waals surface area contributed by atoms with E-state index in [-0.39, 0.29) is 10.7 Å². The van der Waals surface area contributed by atoms with Crippen LogP contribution in [-0.2, 0) is 4.84 Å². The molecule has 0 unspecified atom stereocenters. The molecule has 2 rings (SSSR count). The molecule has 1 heterocycles. The summed E-state index contributed by atoms with van der Waals surface area (Å²) in [6, 6.07) is 4.82. The van der Waals surface area contributed by atoms with Crippen LogP contribution in [0.1, 0.15) is 38.1 Å². The zero-order valence-electron chi connectivity index (χ0n) is 13.2. The highest BCUT2D eigenvalue weighted by Gasteiger charge is 2.48. The van der Waals surface area contributed by atoms with Gasteiger partial charge in [-0.2, -0.15) is 5.06 Å². The van der Waals surface area contributed by atoms with Crippen molar-refractivity contribution in [3.63, 3.8) is 0 Å². The molecule has 1 aromatic carbocycles. The van der Waals surface area contributed by atoms with Crippen LogP contribution in [0.5, 0.6) is 0 Å². The first-order valence-electron chi connectivity index (χ1n) is 6.86. The largest absolute Gasteiger partial charge is 0.365 e. The van der Waals surface area contributed by atoms with Gasteiger partial charge in [0.25, 0.3) is 0 Å². The van der Waals surface area contributed by atoms with E-state index in [0.29, 0.717) is 5.71 Å². The second-order valence-electron chi connectivity index (χ2n) is 6.09. The number of oxime groups is 1. The van der Waals surface area contributed by atoms with E-state index in [1.165, 1.54) is 12.1 Å². The van der Waals surface area contributed by atoms with Crippen molar-refractivity contribution in [2.75, 3.05) is 0 Å². The van der Waals surface area contributed by atoms with E-state index in [1.807, 2.05) is 0 Å². The Balaban J connectivity index is 2.17. The molecule has 1 aliphatic rings. The number of hydroxylamine groups is 2. The summed E-state index contributed by atoms with van der Waals surface area (Å²) in [6.45, 7) is 6.83. The lowest BCUT2D eigenvalue weighted by Crippen LogP contribution is -2.51. The van der Waals surface area contributed by atoms with Crippen LogP contribution in [0.4, 0.5) is 4.39 Å². The molecule has 124 valence electrons. The van der Waals surface area contributed by atoms with E-state index >= 15 is 0 Å². The van der Waals surface area contributed by atoms with Gasteiger partial charge in [-0.25, -0.2) is 9.18 Å². The number of rotatable bonds is 3. The van der Waals surface area contributed by atoms with Crippen LogP contribution < -0.4 is 0 Å². The number of halogens is 2. The number of nitrogens with zero attached hydrogens (tertiary/aromatic N) is 3. The van der Waals surface area contributed by atoms with Gasteiger partial charge in [0.2, 0.25) is 0 Å². The molecule has 23 heavy (non-hydrogen) atoms. The van der Waals surface area contributed by atoms with Crippen LogP contribution >= 0.6 is 11.6 Å². The fraction of sp³-hybridized carbons (Fsp3) is 0.400. The number of hydrogen-bond acceptors (Lipinski definition) is 6. The lowest BCUT2D eigenvalue weighted by atomic mass is 9.99. The maximum atomic E-state index is 12.8. The van der Waals surface area contributed by atoms with Crippen molar-refractivity contribution in [3.05, 3.63) is 35.6 Å². The summed E-state index contributed by atoms with van der Waals surface area (Å²) in [5.41, 5.74) is -1.35. The van der Waals surface area contributed by atoms with Crippen LogP contribution in [0.15, 0.2) is 34.4 Å². The van der Waals surface area contributed by atoms with Crippen molar-refractivity contribution in [1.82, 2.24) is 5.06 Å². The predicted octanol–water partition coefficient (Wildman–Crippen LogP) is 3.20. The Morgan fingerprint density at radius 1 is 1.30 bits per heavy atom. The minimum Gasteiger partial charge on any atom is -0.311 e. The second-order valence-corrected chi connectivity index (χ2v) is 6.45. The molecular weight excluding hydrogens is 325 g/mol. The van der Waals surface area contributed by atoms with E-state index in [9.17, 15) is 14.4 Å². The molecule has 1 aromatic rings. The number of benzene rings is 1. The van der Waals surface area contributed by atoms with Crippen molar-refractivity contribution in [1.29, 1.82) is 0 Å². The predicted molar refractivity (Wildman–Crippen MR) is 84.3 cm³/mol. The molecule has 0 fully saturated rings. The summed E-state index contributed by atoms with van der Waals surface area (Å²) in [5, 5.41) is 14.6. The van der Waals surface area contributed by atoms with Gasteiger partial charge in [-0.05, 0) is 52.0 Å². The van der Waals surface area contributed by atoms with E-state index in [2.05, 4.69) is 10.1 Å². The Labute approximate surface area is 138 Å². The van der Waals surface area contributed by atoms with Gasteiger partial charge in [0.1, 0.15) is 17.2 Å². The first-order valence-corrected chi connectivity index (χ1v) is 7.24. The molecule has 0 bridgehead atoms. The summed E-state index contributed by atoms with van der Waals surface area (Å²) in [4.78, 5) is 20.9. The zero-order valence-corrected chi connectivity index (χ0v) is 13.9. The first kappa shape index (κ1) is 17.5. The monoisotopic (exact) mass is 341 g/mol. The van der Waals surface area contributed by atoms with Gasteiger partial charge >= 0.3 is 5.97 Å². The second kappa shape index (κ2) is 5.99. The number of carbonyl (C=O) groups excluding carboxylic acids is 1. The number of carbonyl (C=O) groups is 1. The van der Waals surface area contributed by atoms with Gasteiger partial charge in [0, 0.05) is 0 Å². The number of hydrogen-bond donors (Lipinski definition) is 1. The quantitative estimate of drug-likeness (QED) is 0.520. The molecular formula is C15H17ClFN3O3. The fourth-order valence-corrected chi connectivity index (χ4v) is 2.61. The fourth-order valence-electron chi connectivity index (χ4n) is 2.30. The van der Waals surface area contributed by atoms with Gasteiger partial charge in [0.15, 0.2) is 5.17 Å². The maximum absolute atomic E-state index is 12.8. The molecule has 1 N–H and O–H groups in total. The molecule has 0 saturated heterocycles. The summed E-state index contributed by atoms with van der Waals surface area (Å²) in [5.74, 6) is -1.24. The Morgan fingerprint density at radius 3 is 2.35 bits per heavy atom. The molecule has 8 heteroatoms. The molecule has 0 amide bonds. The minimum absolute atomic E-state index is 0.136. The summed E-state index contributed by atoms with van der Waals surface area (Å²) >= 11 is 6.07. The Hall–Kier alpha value is -1.83. The third kappa shape index (κ3) is 3.41. The number of aliphatic imine (C=N–C) groups is 1. The normalized spacial score (nSPS) is 20.3. The van der Waals surface area contributed by atoms with Crippen LogP contribution in [0, 0.1) is 5.82 Å². The van der Waals surface area contributed by atoms with Crippen molar-refractivity contribution >= 4 is 28.5 Å². The lowest BCUT2D eigenvalue weighted by Gasteiger charge is -2.33. The molecule has 0 spiro atoms. The summed E-state index contributed by atoms with van der Waals surface area (Å²) < 4.78 is 12.8. The zero-order chi connectivity index (χ0) is 17.4. The van der Waals surface area contributed by atoms with Crippen molar-refractivity contribution in [2.45, 2.75) is 38.9 Å². The molecule has 0 radical (unpaired) electrons. The molecule has 0 atom stereocenters. The topological polar surface area (TPSA) is 74.5 Å². The summed E-state index contributed by atoms with van der Waals surface area (Å²) in [6.07, 6.45) is 0. The average Bonchev–Trinajstić information content (AvgIpc) is 2.65. The van der Waals surface area contributed by atoms with Crippen molar-refractivity contribution in [2.24, 2.45) is 10.1 Å². The van der Waals surface area contributed by atoms with Crippen molar-refractivity contribution in [3.8, 4) is 0 Å². The van der Waals surface area contributed by atoms with Gasteiger partial charge in [-0.1, -0.05) is 16.8 Å². The minimum atomic E-state index is -0.896. The maximum Gasteiger partial charge on any atom is 0.365 e. The molecule has 0 aliphatic carbocycles. The Bertz CT molecular complexity index is 684. The smallest absolute Gasteiger partial charge is 0.311 e. The first-order chi connectivity index (χ1) is 10.6. The van der Waals surface area contributed by atoms with E-state index in [4.69, 9.17) is 16.4 Å². The van der Waals surface area contributed by atoms with E-state index in [0.717, 1.165) is 17.2 Å². The third-order valence-electron chi connectivity index (χ3n) is 3.50. The molecule has 0 aromatic heterocycles. The van der Waals surface area contributed by atoms with Crippen molar-refractivity contribution < 1.29 is 19.2 Å². The van der Waals surface area contributed by atoms with Gasteiger partial charge in [-0.15, -0.1) is 0 Å². The van der Waals surface area contributed by atoms with Gasteiger partial charge in [0.05, 0.1) is 11.1 Å². The third-order valence-corrected chi connectivity index (χ3v) is 3.74. The highest BCUT2D eigenvalue weighted by Crippen LogP contribution is 2.34. The lowest BCUT2D eigenvalue weighted by molar-refractivity contribution is -0.187. The van der Waals surface area contributed by atoms with Gasteiger partial charge in [-0.3, -0.25) is 4.99 Å². The van der Waals surface area contributed by atoms with Crippen LogP contribution in [-0.4, -0.2) is 38.3 Å². The molecule has 6 nitrogen and oxygen atoms in total. The molecule has 1 aliphatic heterocycles. The Morgan fingerprint density at radius 2 is 1.87 bits per heavy atom. The van der Waals surface area contributed by atoms with E-state index in [1.54, 1.807) is 27.7 Å². The highest BCUT2D eigenvalue weighted by molar-refractivity contribution is 6.84. The standard InChI is InChI=1S/C15H17ClFN3O3/c1-14(2)11(18-15(3,4)20(14)22)12(16)19-23-13(21)9-5-7-10(17)8-6-9/h5-8,22H,1-4H3/b19-12-. The van der Waals surface area contributed by atoms with Crippen LogP contribution in [0.2, 0.25) is 0 Å². The Kier molecular flexibility index (Phi) is 4.57. The van der Waals surface area contributed by atoms with E-state index < -0.39 is 23.0 Å². The van der Waals surface area contributed by atoms with Gasteiger partial charge < -0.3 is 10.0 Å². The van der Waals surface area contributed by atoms with Crippen LogP contribution in [0.25, 0.3) is 0 Å². The SMILES string of the molecule is CC1(C)N=C(/C(Cl)=N/OC(=O)c2ccc(F)cc2)C(C)(C)N1O.